The summed E-state index contributed by atoms with van der Waals surface area (Å²) < 4.78 is 0. The van der Waals surface area contributed by atoms with Crippen molar-refractivity contribution < 1.29 is 4.79 Å². The monoisotopic (exact) mass is 162 g/mol. The van der Waals surface area contributed by atoms with E-state index in [-0.39, 0.29) is 0 Å². The van der Waals surface area contributed by atoms with Gasteiger partial charge in [0.1, 0.15) is 0 Å². The molecular weight excluding hydrogens is 148 g/mol. The summed E-state index contributed by atoms with van der Waals surface area (Å²) in [5.41, 5.74) is 1.29. The molecule has 0 spiro atoms. The summed E-state index contributed by atoms with van der Waals surface area (Å²) in [5, 5.41) is 0. The van der Waals surface area contributed by atoms with Gasteiger partial charge in [-0.3, -0.25) is 4.79 Å². The maximum Gasteiger partial charge on any atom is 0.156 e. The van der Waals surface area contributed by atoms with Crippen LogP contribution in [0.25, 0.3) is 0 Å². The number of carbonyl (C=O) groups excluding carboxylic acids is 1. The second-order valence-corrected chi connectivity index (χ2v) is 3.83. The summed E-state index contributed by atoms with van der Waals surface area (Å²) >= 11 is 0. The largest absolute Gasteiger partial charge is 0.295 e. The summed E-state index contributed by atoms with van der Waals surface area (Å²) in [4.78, 5) is 11.2. The summed E-state index contributed by atoms with van der Waals surface area (Å²) in [5.74, 6) is 1.48. The molecule has 2 aliphatic carbocycles. The number of ketones is 1. The number of hydrogen-bond acceptors (Lipinski definition) is 1. The lowest BCUT2D eigenvalue weighted by atomic mass is 9.73. The minimum atomic E-state index is 0.306. The second-order valence-electron chi connectivity index (χ2n) is 3.83. The molecule has 0 fully saturated rings. The van der Waals surface area contributed by atoms with E-state index in [0.717, 1.165) is 6.42 Å². The predicted octanol–water partition coefficient (Wildman–Crippen LogP) is 2.49. The van der Waals surface area contributed by atoms with E-state index in [1.807, 2.05) is 6.08 Å². The van der Waals surface area contributed by atoms with Gasteiger partial charge in [0.25, 0.3) is 0 Å². The van der Waals surface area contributed by atoms with Crippen LogP contribution in [0, 0.1) is 11.8 Å². The van der Waals surface area contributed by atoms with Gasteiger partial charge in [-0.05, 0) is 37.7 Å². The summed E-state index contributed by atoms with van der Waals surface area (Å²) in [7, 11) is 0. The fraction of sp³-hybridized carbons (Fsp3) is 0.545. The van der Waals surface area contributed by atoms with Gasteiger partial charge in [-0.25, -0.2) is 0 Å². The Kier molecular flexibility index (Phi) is 1.87. The Balaban J connectivity index is 2.28. The van der Waals surface area contributed by atoms with Crippen LogP contribution in [0.4, 0.5) is 0 Å². The molecule has 0 aromatic rings. The fourth-order valence-electron chi connectivity index (χ4n) is 2.32. The van der Waals surface area contributed by atoms with Crippen LogP contribution in [-0.2, 0) is 4.79 Å². The summed E-state index contributed by atoms with van der Waals surface area (Å²) in [6, 6.07) is 0. The van der Waals surface area contributed by atoms with Crippen LogP contribution in [0.2, 0.25) is 0 Å². The topological polar surface area (TPSA) is 17.1 Å². The van der Waals surface area contributed by atoms with Crippen LogP contribution in [0.1, 0.15) is 26.2 Å². The number of hydrogen-bond donors (Lipinski definition) is 0. The van der Waals surface area contributed by atoms with Crippen molar-refractivity contribution in [2.75, 3.05) is 0 Å². The van der Waals surface area contributed by atoms with Crippen molar-refractivity contribution in [3.8, 4) is 0 Å². The zero-order valence-electron chi connectivity index (χ0n) is 7.42. The highest BCUT2D eigenvalue weighted by Gasteiger charge is 2.28. The molecule has 1 heteroatoms. The first-order valence-electron chi connectivity index (χ1n) is 4.65. The standard InChI is InChI=1S/C11H14O/c1-8-6-10(12)7-9-4-2-3-5-11(8)9/h2,4,6,9,11H,3,5,7H2,1H3. The Morgan fingerprint density at radius 3 is 3.17 bits per heavy atom. The first-order chi connectivity index (χ1) is 5.77. The Morgan fingerprint density at radius 1 is 1.50 bits per heavy atom. The van der Waals surface area contributed by atoms with Gasteiger partial charge < -0.3 is 0 Å². The van der Waals surface area contributed by atoms with E-state index < -0.39 is 0 Å². The summed E-state index contributed by atoms with van der Waals surface area (Å²) in [6.07, 6.45) is 9.42. The third-order valence-corrected chi connectivity index (χ3v) is 2.95. The Morgan fingerprint density at radius 2 is 2.33 bits per heavy atom. The molecule has 64 valence electrons. The van der Waals surface area contributed by atoms with Gasteiger partial charge in [0.2, 0.25) is 0 Å². The predicted molar refractivity (Wildman–Crippen MR) is 48.7 cm³/mol. The van der Waals surface area contributed by atoms with E-state index >= 15 is 0 Å². The lowest BCUT2D eigenvalue weighted by Gasteiger charge is -2.30. The van der Waals surface area contributed by atoms with Gasteiger partial charge in [0.15, 0.2) is 5.78 Å². The molecule has 0 saturated carbocycles. The van der Waals surface area contributed by atoms with Crippen molar-refractivity contribution >= 4 is 5.78 Å². The maximum absolute atomic E-state index is 11.2. The summed E-state index contributed by atoms with van der Waals surface area (Å²) in [6.45, 7) is 2.09. The van der Waals surface area contributed by atoms with Crippen LogP contribution >= 0.6 is 0 Å². The van der Waals surface area contributed by atoms with E-state index in [0.29, 0.717) is 17.6 Å². The van der Waals surface area contributed by atoms with Gasteiger partial charge in [0, 0.05) is 6.42 Å². The molecule has 2 unspecified atom stereocenters. The Bertz CT molecular complexity index is 260. The molecule has 0 radical (unpaired) electrons. The van der Waals surface area contributed by atoms with Crippen LogP contribution < -0.4 is 0 Å². The molecule has 2 rings (SSSR count). The number of allylic oxidation sites excluding steroid dienone is 4. The van der Waals surface area contributed by atoms with E-state index in [1.54, 1.807) is 0 Å². The van der Waals surface area contributed by atoms with E-state index in [1.165, 1.54) is 18.4 Å². The average molecular weight is 162 g/mol. The molecular formula is C11H14O. The molecule has 0 aromatic heterocycles. The molecule has 12 heavy (non-hydrogen) atoms. The SMILES string of the molecule is CC1=CC(=O)CC2C=CCCC12. The van der Waals surface area contributed by atoms with E-state index in [2.05, 4.69) is 19.1 Å². The Labute approximate surface area is 73.2 Å². The van der Waals surface area contributed by atoms with Crippen LogP contribution in [0.3, 0.4) is 0 Å². The lowest BCUT2D eigenvalue weighted by molar-refractivity contribution is -0.116. The third kappa shape index (κ3) is 1.24. The minimum Gasteiger partial charge on any atom is -0.295 e. The second kappa shape index (κ2) is 2.89. The highest BCUT2D eigenvalue weighted by Crippen LogP contribution is 2.36. The molecule has 2 aliphatic rings. The van der Waals surface area contributed by atoms with Gasteiger partial charge in [-0.15, -0.1) is 0 Å². The van der Waals surface area contributed by atoms with Crippen molar-refractivity contribution in [3.63, 3.8) is 0 Å². The fourth-order valence-corrected chi connectivity index (χ4v) is 2.32. The van der Waals surface area contributed by atoms with Crippen molar-refractivity contribution in [2.45, 2.75) is 26.2 Å². The van der Waals surface area contributed by atoms with E-state index in [9.17, 15) is 4.79 Å². The molecule has 0 amide bonds. The highest BCUT2D eigenvalue weighted by molar-refractivity contribution is 5.91. The first-order valence-corrected chi connectivity index (χ1v) is 4.65. The smallest absolute Gasteiger partial charge is 0.156 e. The molecule has 2 atom stereocenters. The van der Waals surface area contributed by atoms with Crippen LogP contribution in [0.15, 0.2) is 23.8 Å². The molecule has 0 bridgehead atoms. The average Bonchev–Trinajstić information content (AvgIpc) is 2.04. The number of carbonyl (C=O) groups is 1. The zero-order chi connectivity index (χ0) is 8.55. The minimum absolute atomic E-state index is 0.306. The molecule has 1 nitrogen and oxygen atoms in total. The third-order valence-electron chi connectivity index (χ3n) is 2.95. The molecule has 0 aliphatic heterocycles. The van der Waals surface area contributed by atoms with Crippen molar-refractivity contribution in [3.05, 3.63) is 23.8 Å². The van der Waals surface area contributed by atoms with Gasteiger partial charge in [-0.2, -0.15) is 0 Å². The Hall–Kier alpha value is -0.850. The first kappa shape index (κ1) is 7.78. The van der Waals surface area contributed by atoms with Gasteiger partial charge in [0.05, 0.1) is 0 Å². The molecule has 0 N–H and O–H groups in total. The molecule has 0 heterocycles. The van der Waals surface area contributed by atoms with Crippen LogP contribution in [0.5, 0.6) is 0 Å². The highest BCUT2D eigenvalue weighted by atomic mass is 16.1. The maximum atomic E-state index is 11.2. The quantitative estimate of drug-likeness (QED) is 0.500. The zero-order valence-corrected chi connectivity index (χ0v) is 7.42. The van der Waals surface area contributed by atoms with Crippen molar-refractivity contribution in [1.29, 1.82) is 0 Å². The van der Waals surface area contributed by atoms with Crippen LogP contribution in [-0.4, -0.2) is 5.78 Å². The molecule has 0 aromatic carbocycles. The normalized spacial score (nSPS) is 34.4. The number of fused-ring (bicyclic) bond motifs is 1. The van der Waals surface area contributed by atoms with Crippen molar-refractivity contribution in [2.24, 2.45) is 11.8 Å². The van der Waals surface area contributed by atoms with Crippen molar-refractivity contribution in [1.82, 2.24) is 0 Å². The van der Waals surface area contributed by atoms with E-state index in [4.69, 9.17) is 0 Å². The molecule has 0 saturated heterocycles. The lowest BCUT2D eigenvalue weighted by Crippen LogP contribution is -2.24. The van der Waals surface area contributed by atoms with Gasteiger partial charge >= 0.3 is 0 Å². The van der Waals surface area contributed by atoms with Gasteiger partial charge in [-0.1, -0.05) is 17.7 Å². The number of rotatable bonds is 0.